The van der Waals surface area contributed by atoms with Crippen molar-refractivity contribution in [1.29, 1.82) is 0 Å². The summed E-state index contributed by atoms with van der Waals surface area (Å²) in [4.78, 5) is 14.7. The van der Waals surface area contributed by atoms with Gasteiger partial charge in [-0.3, -0.25) is 9.48 Å². The van der Waals surface area contributed by atoms with Crippen LogP contribution >= 0.6 is 0 Å². The van der Waals surface area contributed by atoms with Crippen molar-refractivity contribution in [3.63, 3.8) is 0 Å². The van der Waals surface area contributed by atoms with Crippen molar-refractivity contribution in [3.8, 4) is 11.3 Å². The second kappa shape index (κ2) is 7.48. The molecule has 0 saturated heterocycles. The summed E-state index contributed by atoms with van der Waals surface area (Å²) in [5, 5.41) is 15.8. The molecule has 1 N–H and O–H groups in total. The number of rotatable bonds is 3. The van der Waals surface area contributed by atoms with Crippen LogP contribution in [-0.4, -0.2) is 38.3 Å². The molecule has 0 spiro atoms. The molecular weight excluding hydrogens is 424 g/mol. The zero-order valence-electron chi connectivity index (χ0n) is 18.4. The van der Waals surface area contributed by atoms with E-state index in [0.29, 0.717) is 30.6 Å². The molecule has 6 rings (SSSR count). The third-order valence-corrected chi connectivity index (χ3v) is 7.17. The highest BCUT2D eigenvalue weighted by Crippen LogP contribution is 2.41. The fourth-order valence-corrected chi connectivity index (χ4v) is 5.40. The Labute approximate surface area is 190 Å². The Balaban J connectivity index is 1.49. The summed E-state index contributed by atoms with van der Waals surface area (Å²) in [5.74, 6) is -0.961. The standard InChI is InChI=1S/C26H25F2N3O2/c1-14-3-2-4-16(9-14)24-20-13-30(26(33)15-5-6-15)8-7-22(20)31(29-24)25-19-10-17(27)11-21(28)18(19)12-23(25)32/h2-4,9-11,15,23,25,32H,5-8,12-13H2,1H3/t23-,25+/m0/s1. The lowest BCUT2D eigenvalue weighted by Crippen LogP contribution is -2.38. The predicted molar refractivity (Wildman–Crippen MR) is 118 cm³/mol. The highest BCUT2D eigenvalue weighted by atomic mass is 19.1. The third-order valence-electron chi connectivity index (χ3n) is 7.17. The first-order valence-corrected chi connectivity index (χ1v) is 11.5. The Morgan fingerprint density at radius 1 is 1.15 bits per heavy atom. The van der Waals surface area contributed by atoms with E-state index in [1.807, 2.05) is 36.1 Å². The van der Waals surface area contributed by atoms with Crippen LogP contribution in [0.25, 0.3) is 11.3 Å². The number of hydrogen-bond acceptors (Lipinski definition) is 3. The van der Waals surface area contributed by atoms with Gasteiger partial charge >= 0.3 is 0 Å². The second-order valence-corrected chi connectivity index (χ2v) is 9.54. The Bertz CT molecular complexity index is 1280. The topological polar surface area (TPSA) is 58.4 Å². The predicted octanol–water partition coefficient (Wildman–Crippen LogP) is 3.94. The molecule has 7 heteroatoms. The fourth-order valence-electron chi connectivity index (χ4n) is 5.40. The van der Waals surface area contributed by atoms with Crippen molar-refractivity contribution >= 4 is 5.91 Å². The van der Waals surface area contributed by atoms with Crippen LogP contribution in [0.4, 0.5) is 8.78 Å². The first kappa shape index (κ1) is 20.5. The van der Waals surface area contributed by atoms with Gasteiger partial charge in [-0.05, 0) is 43.0 Å². The van der Waals surface area contributed by atoms with Crippen LogP contribution < -0.4 is 0 Å². The number of benzene rings is 2. The molecule has 1 fully saturated rings. The molecule has 1 saturated carbocycles. The molecule has 3 aromatic rings. The van der Waals surface area contributed by atoms with Gasteiger partial charge in [-0.15, -0.1) is 0 Å². The molecule has 1 amide bonds. The monoisotopic (exact) mass is 449 g/mol. The Hall–Kier alpha value is -3.06. The van der Waals surface area contributed by atoms with Crippen molar-refractivity contribution in [2.45, 2.75) is 51.3 Å². The number of halogens is 2. The molecule has 1 aromatic heterocycles. The van der Waals surface area contributed by atoms with E-state index in [-0.39, 0.29) is 18.2 Å². The van der Waals surface area contributed by atoms with Gasteiger partial charge in [0.25, 0.3) is 0 Å². The molecule has 2 atom stereocenters. The molecule has 2 aromatic carbocycles. The number of aliphatic hydroxyl groups excluding tert-OH is 1. The fraction of sp³-hybridized carbons (Fsp3) is 0.385. The maximum atomic E-state index is 14.5. The quantitative estimate of drug-likeness (QED) is 0.659. The number of amides is 1. The van der Waals surface area contributed by atoms with Crippen molar-refractivity contribution in [3.05, 3.63) is 76.0 Å². The summed E-state index contributed by atoms with van der Waals surface area (Å²) in [7, 11) is 0. The highest BCUT2D eigenvalue weighted by molar-refractivity contribution is 5.81. The van der Waals surface area contributed by atoms with E-state index < -0.39 is 23.8 Å². The lowest BCUT2D eigenvalue weighted by Gasteiger charge is -2.29. The Morgan fingerprint density at radius 2 is 1.97 bits per heavy atom. The minimum Gasteiger partial charge on any atom is -0.390 e. The molecular formula is C26H25F2N3O2. The maximum Gasteiger partial charge on any atom is 0.225 e. The van der Waals surface area contributed by atoms with Gasteiger partial charge in [0.1, 0.15) is 17.7 Å². The molecule has 2 aliphatic carbocycles. The number of nitrogens with zero attached hydrogens (tertiary/aromatic N) is 3. The average molecular weight is 450 g/mol. The number of aryl methyl sites for hydroxylation is 1. The minimum atomic E-state index is -0.906. The highest BCUT2D eigenvalue weighted by Gasteiger charge is 2.40. The van der Waals surface area contributed by atoms with Gasteiger partial charge in [0.15, 0.2) is 0 Å². The van der Waals surface area contributed by atoms with E-state index in [1.54, 1.807) is 4.68 Å². The Morgan fingerprint density at radius 3 is 2.73 bits per heavy atom. The largest absolute Gasteiger partial charge is 0.390 e. The first-order chi connectivity index (χ1) is 15.9. The van der Waals surface area contributed by atoms with Gasteiger partial charge in [0, 0.05) is 54.7 Å². The van der Waals surface area contributed by atoms with Crippen LogP contribution in [0, 0.1) is 24.5 Å². The number of carbonyl (C=O) groups excluding carboxylic acids is 1. The van der Waals surface area contributed by atoms with Gasteiger partial charge in [-0.1, -0.05) is 23.8 Å². The van der Waals surface area contributed by atoms with E-state index in [0.717, 1.165) is 47.0 Å². The van der Waals surface area contributed by atoms with E-state index in [1.165, 1.54) is 6.07 Å². The van der Waals surface area contributed by atoms with Crippen LogP contribution in [0.3, 0.4) is 0 Å². The van der Waals surface area contributed by atoms with Crippen LogP contribution in [0.5, 0.6) is 0 Å². The van der Waals surface area contributed by atoms with Gasteiger partial charge in [-0.2, -0.15) is 5.10 Å². The molecule has 0 radical (unpaired) electrons. The van der Waals surface area contributed by atoms with Crippen molar-refractivity contribution in [1.82, 2.24) is 14.7 Å². The summed E-state index contributed by atoms with van der Waals surface area (Å²) in [6.45, 7) is 3.05. The van der Waals surface area contributed by atoms with Crippen LogP contribution in [0.2, 0.25) is 0 Å². The first-order valence-electron chi connectivity index (χ1n) is 11.5. The summed E-state index contributed by atoms with van der Waals surface area (Å²) >= 11 is 0. The third kappa shape index (κ3) is 3.37. The van der Waals surface area contributed by atoms with E-state index in [9.17, 15) is 18.7 Å². The smallest absolute Gasteiger partial charge is 0.225 e. The molecule has 33 heavy (non-hydrogen) atoms. The molecule has 0 bridgehead atoms. The van der Waals surface area contributed by atoms with Gasteiger partial charge in [-0.25, -0.2) is 8.78 Å². The summed E-state index contributed by atoms with van der Waals surface area (Å²) in [5.41, 5.74) is 5.46. The molecule has 5 nitrogen and oxygen atoms in total. The zero-order chi connectivity index (χ0) is 22.9. The summed E-state index contributed by atoms with van der Waals surface area (Å²) in [6, 6.07) is 9.53. The zero-order valence-corrected chi connectivity index (χ0v) is 18.4. The van der Waals surface area contributed by atoms with Gasteiger partial charge in [0.2, 0.25) is 5.91 Å². The molecule has 1 aliphatic heterocycles. The van der Waals surface area contributed by atoms with Crippen LogP contribution in [-0.2, 0) is 24.2 Å². The van der Waals surface area contributed by atoms with Crippen LogP contribution in [0.1, 0.15) is 46.8 Å². The van der Waals surface area contributed by atoms with E-state index >= 15 is 0 Å². The molecule has 0 unspecified atom stereocenters. The Kier molecular flexibility index (Phi) is 4.66. The molecule has 2 heterocycles. The molecule has 3 aliphatic rings. The maximum absolute atomic E-state index is 14.5. The van der Waals surface area contributed by atoms with Crippen molar-refractivity contribution < 1.29 is 18.7 Å². The normalized spacial score (nSPS) is 21.8. The van der Waals surface area contributed by atoms with Gasteiger partial charge < -0.3 is 10.0 Å². The number of aromatic nitrogens is 2. The summed E-state index contributed by atoms with van der Waals surface area (Å²) in [6.07, 6.45) is 1.70. The SMILES string of the molecule is Cc1cccc(-c2nn([C@@H]3c4cc(F)cc(F)c4C[C@@H]3O)c3c2CN(C(=O)C2CC2)CC3)c1. The number of hydrogen-bond donors (Lipinski definition) is 1. The number of aliphatic hydroxyl groups is 1. The number of fused-ring (bicyclic) bond motifs is 2. The van der Waals surface area contributed by atoms with E-state index in [2.05, 4.69) is 0 Å². The lowest BCUT2D eigenvalue weighted by molar-refractivity contribution is -0.133. The van der Waals surface area contributed by atoms with E-state index in [4.69, 9.17) is 5.10 Å². The van der Waals surface area contributed by atoms with Crippen molar-refractivity contribution in [2.75, 3.05) is 6.54 Å². The van der Waals surface area contributed by atoms with Gasteiger partial charge in [0.05, 0.1) is 11.8 Å². The lowest BCUT2D eigenvalue weighted by atomic mass is 9.99. The number of carbonyl (C=O) groups is 1. The average Bonchev–Trinajstić information content (AvgIpc) is 3.50. The van der Waals surface area contributed by atoms with Crippen LogP contribution in [0.15, 0.2) is 36.4 Å². The minimum absolute atomic E-state index is 0.118. The van der Waals surface area contributed by atoms with Crippen molar-refractivity contribution in [2.24, 2.45) is 5.92 Å². The summed E-state index contributed by atoms with van der Waals surface area (Å²) < 4.78 is 30.3. The molecule has 170 valence electrons. The second-order valence-electron chi connectivity index (χ2n) is 9.54.